The number of rotatable bonds is 4. The normalized spacial score (nSPS) is 11.5. The van der Waals surface area contributed by atoms with Gasteiger partial charge in [-0.25, -0.2) is 4.39 Å². The molecule has 2 heteroatoms. The first-order valence-electron chi connectivity index (χ1n) is 4.74. The summed E-state index contributed by atoms with van der Waals surface area (Å²) in [6, 6.07) is 9.45. The highest BCUT2D eigenvalue weighted by molar-refractivity contribution is 5.65. The van der Waals surface area contributed by atoms with Crippen LogP contribution in [0.5, 0.6) is 0 Å². The van der Waals surface area contributed by atoms with Gasteiger partial charge >= 0.3 is 0 Å². The molecular formula is C13H14FN. The third kappa shape index (κ3) is 3.57. The van der Waals surface area contributed by atoms with Crippen molar-refractivity contribution in [2.24, 2.45) is 0 Å². The lowest BCUT2D eigenvalue weighted by Crippen LogP contribution is -2.20. The third-order valence-electron chi connectivity index (χ3n) is 2.08. The highest BCUT2D eigenvalue weighted by Gasteiger charge is 2.04. The Labute approximate surface area is 90.2 Å². The molecule has 0 radical (unpaired) electrons. The first-order valence-corrected chi connectivity index (χ1v) is 4.74. The number of nitrogens with zero attached hydrogens (tertiary/aromatic N) is 1. The highest BCUT2D eigenvalue weighted by atomic mass is 19.1. The molecule has 0 amide bonds. The Kier molecular flexibility index (Phi) is 4.59. The Hall–Kier alpha value is -1.59. The van der Waals surface area contributed by atoms with Crippen LogP contribution < -0.4 is 0 Å². The second-order valence-electron chi connectivity index (χ2n) is 3.38. The van der Waals surface area contributed by atoms with Crippen LogP contribution in [0.1, 0.15) is 5.56 Å². The molecule has 0 fully saturated rings. The summed E-state index contributed by atoms with van der Waals surface area (Å²) in [5, 5.41) is 0. The van der Waals surface area contributed by atoms with E-state index in [4.69, 9.17) is 6.42 Å². The van der Waals surface area contributed by atoms with Crippen LogP contribution in [0, 0.1) is 12.3 Å². The molecule has 0 heterocycles. The van der Waals surface area contributed by atoms with Gasteiger partial charge in [0.1, 0.15) is 0 Å². The van der Waals surface area contributed by atoms with E-state index in [0.717, 1.165) is 5.56 Å². The lowest BCUT2D eigenvalue weighted by atomic mass is 10.1. The SMILES string of the molecule is C#CCN(C)C/C(=C\F)c1ccccc1. The molecule has 1 nitrogen and oxygen atoms in total. The van der Waals surface area contributed by atoms with Gasteiger partial charge in [0, 0.05) is 12.1 Å². The Morgan fingerprint density at radius 2 is 2.13 bits per heavy atom. The van der Waals surface area contributed by atoms with E-state index in [2.05, 4.69) is 5.92 Å². The molecule has 0 bridgehead atoms. The molecule has 0 aliphatic rings. The average Bonchev–Trinajstić information content (AvgIpc) is 2.27. The van der Waals surface area contributed by atoms with Crippen LogP contribution in [0.25, 0.3) is 5.57 Å². The number of hydrogen-bond donors (Lipinski definition) is 0. The summed E-state index contributed by atoms with van der Waals surface area (Å²) in [4.78, 5) is 1.89. The van der Waals surface area contributed by atoms with Crippen molar-refractivity contribution in [2.75, 3.05) is 20.1 Å². The van der Waals surface area contributed by atoms with Gasteiger partial charge in [0.25, 0.3) is 0 Å². The minimum atomic E-state index is 0.518. The summed E-state index contributed by atoms with van der Waals surface area (Å²) >= 11 is 0. The minimum absolute atomic E-state index is 0.518. The maximum absolute atomic E-state index is 12.7. The molecule has 15 heavy (non-hydrogen) atoms. The number of likely N-dealkylation sites (N-methyl/N-ethyl adjacent to an activating group) is 1. The Morgan fingerprint density at radius 3 is 2.67 bits per heavy atom. The molecular weight excluding hydrogens is 189 g/mol. The Bertz CT molecular complexity index is 362. The fourth-order valence-electron chi connectivity index (χ4n) is 1.34. The molecule has 0 spiro atoms. The molecule has 1 aromatic carbocycles. The smallest absolute Gasteiger partial charge is 0.0917 e. The van der Waals surface area contributed by atoms with E-state index < -0.39 is 0 Å². The van der Waals surface area contributed by atoms with Gasteiger partial charge in [0.15, 0.2) is 0 Å². The summed E-state index contributed by atoms with van der Waals surface area (Å²) < 4.78 is 12.7. The summed E-state index contributed by atoms with van der Waals surface area (Å²) in [7, 11) is 1.87. The molecule has 78 valence electrons. The molecule has 0 atom stereocenters. The predicted octanol–water partition coefficient (Wildman–Crippen LogP) is 2.56. The van der Waals surface area contributed by atoms with E-state index in [0.29, 0.717) is 25.0 Å². The number of terminal acetylenes is 1. The first kappa shape index (κ1) is 11.5. The van der Waals surface area contributed by atoms with E-state index in [1.807, 2.05) is 42.3 Å². The zero-order chi connectivity index (χ0) is 11.1. The van der Waals surface area contributed by atoms with Crippen molar-refractivity contribution in [3.8, 4) is 12.3 Å². The van der Waals surface area contributed by atoms with Gasteiger partial charge in [0.2, 0.25) is 0 Å². The quantitative estimate of drug-likeness (QED) is 0.680. The van der Waals surface area contributed by atoms with Gasteiger partial charge in [-0.05, 0) is 12.6 Å². The third-order valence-corrected chi connectivity index (χ3v) is 2.08. The number of hydrogen-bond acceptors (Lipinski definition) is 1. The number of benzene rings is 1. The molecule has 0 aliphatic heterocycles. The van der Waals surface area contributed by atoms with E-state index in [1.165, 1.54) is 0 Å². The summed E-state index contributed by atoms with van der Waals surface area (Å²) in [5.74, 6) is 2.52. The Morgan fingerprint density at radius 1 is 1.47 bits per heavy atom. The average molecular weight is 203 g/mol. The van der Waals surface area contributed by atoms with Gasteiger partial charge in [-0.15, -0.1) is 6.42 Å². The molecule has 0 unspecified atom stereocenters. The molecule has 0 N–H and O–H groups in total. The van der Waals surface area contributed by atoms with Crippen molar-refractivity contribution >= 4 is 5.57 Å². The van der Waals surface area contributed by atoms with Crippen LogP contribution in [-0.4, -0.2) is 25.0 Å². The van der Waals surface area contributed by atoms with E-state index >= 15 is 0 Å². The summed E-state index contributed by atoms with van der Waals surface area (Å²) in [6.45, 7) is 1.04. The maximum atomic E-state index is 12.7. The van der Waals surface area contributed by atoms with Crippen molar-refractivity contribution in [1.82, 2.24) is 4.90 Å². The van der Waals surface area contributed by atoms with Crippen molar-refractivity contribution in [3.05, 3.63) is 42.2 Å². The van der Waals surface area contributed by atoms with E-state index in [1.54, 1.807) is 0 Å². The minimum Gasteiger partial charge on any atom is -0.291 e. The summed E-state index contributed by atoms with van der Waals surface area (Å²) in [5.41, 5.74) is 1.54. The van der Waals surface area contributed by atoms with Crippen LogP contribution in [0.15, 0.2) is 36.7 Å². The lowest BCUT2D eigenvalue weighted by Gasteiger charge is -2.15. The molecule has 1 aromatic rings. The van der Waals surface area contributed by atoms with Gasteiger partial charge in [0.05, 0.1) is 12.9 Å². The van der Waals surface area contributed by atoms with E-state index in [-0.39, 0.29) is 0 Å². The van der Waals surface area contributed by atoms with Crippen molar-refractivity contribution in [1.29, 1.82) is 0 Å². The molecule has 1 rings (SSSR count). The molecule has 0 aliphatic carbocycles. The van der Waals surface area contributed by atoms with Gasteiger partial charge in [-0.3, -0.25) is 4.90 Å². The topological polar surface area (TPSA) is 3.24 Å². The monoisotopic (exact) mass is 203 g/mol. The highest BCUT2D eigenvalue weighted by Crippen LogP contribution is 2.14. The first-order chi connectivity index (χ1) is 7.27. The fraction of sp³-hybridized carbons (Fsp3) is 0.231. The maximum Gasteiger partial charge on any atom is 0.0917 e. The number of halogens is 1. The van der Waals surface area contributed by atoms with Gasteiger partial charge < -0.3 is 0 Å². The second kappa shape index (κ2) is 6.00. The molecule has 0 saturated carbocycles. The zero-order valence-electron chi connectivity index (χ0n) is 8.78. The van der Waals surface area contributed by atoms with Gasteiger partial charge in [-0.2, -0.15) is 0 Å². The molecule has 0 saturated heterocycles. The van der Waals surface area contributed by atoms with Crippen LogP contribution >= 0.6 is 0 Å². The van der Waals surface area contributed by atoms with Crippen molar-refractivity contribution in [2.45, 2.75) is 0 Å². The zero-order valence-corrected chi connectivity index (χ0v) is 8.78. The van der Waals surface area contributed by atoms with Crippen LogP contribution in [-0.2, 0) is 0 Å². The molecule has 0 aromatic heterocycles. The lowest BCUT2D eigenvalue weighted by molar-refractivity contribution is 0.423. The fourth-order valence-corrected chi connectivity index (χ4v) is 1.34. The largest absolute Gasteiger partial charge is 0.291 e. The van der Waals surface area contributed by atoms with Crippen LogP contribution in [0.2, 0.25) is 0 Å². The standard InChI is InChI=1S/C13H14FN/c1-3-9-15(2)11-13(10-14)12-7-5-4-6-8-12/h1,4-8,10H,9,11H2,2H3/b13-10+. The predicted molar refractivity (Wildman–Crippen MR) is 61.9 cm³/mol. The van der Waals surface area contributed by atoms with Crippen LogP contribution in [0.4, 0.5) is 4.39 Å². The van der Waals surface area contributed by atoms with Crippen molar-refractivity contribution in [3.63, 3.8) is 0 Å². The van der Waals surface area contributed by atoms with E-state index in [9.17, 15) is 4.39 Å². The van der Waals surface area contributed by atoms with Crippen molar-refractivity contribution < 1.29 is 4.39 Å². The Balaban J connectivity index is 2.71. The summed E-state index contributed by atoms with van der Waals surface area (Å²) in [6.07, 6.45) is 5.82. The van der Waals surface area contributed by atoms with Gasteiger partial charge in [-0.1, -0.05) is 36.3 Å². The van der Waals surface area contributed by atoms with Crippen LogP contribution in [0.3, 0.4) is 0 Å². The second-order valence-corrected chi connectivity index (χ2v) is 3.38.